The summed E-state index contributed by atoms with van der Waals surface area (Å²) in [5.74, 6) is -0.931. The molecule has 0 saturated heterocycles. The lowest BCUT2D eigenvalue weighted by atomic mass is 10.4. The number of hydrogen-bond acceptors (Lipinski definition) is 5. The van der Waals surface area contributed by atoms with E-state index in [4.69, 9.17) is 5.11 Å². The lowest BCUT2D eigenvalue weighted by molar-refractivity contribution is 0.0701. The number of carbonyl (C=O) groups is 1. The SMILES string of the molecule is Cc1nc(Cn2cnnc2)sc1C(=O)O. The molecule has 0 radical (unpaired) electrons. The number of thiazole rings is 1. The minimum atomic E-state index is -0.931. The van der Waals surface area contributed by atoms with E-state index in [1.54, 1.807) is 24.1 Å². The zero-order valence-electron chi connectivity index (χ0n) is 7.91. The number of aryl methyl sites for hydroxylation is 1. The normalized spacial score (nSPS) is 10.5. The van der Waals surface area contributed by atoms with Gasteiger partial charge < -0.3 is 9.67 Å². The second-order valence-corrected chi connectivity index (χ2v) is 4.05. The van der Waals surface area contributed by atoms with Crippen molar-refractivity contribution >= 4 is 17.3 Å². The Labute approximate surface area is 89.2 Å². The van der Waals surface area contributed by atoms with Gasteiger partial charge in [0.15, 0.2) is 0 Å². The quantitative estimate of drug-likeness (QED) is 0.833. The lowest BCUT2D eigenvalue weighted by Gasteiger charge is -1.94. The fraction of sp³-hybridized carbons (Fsp3) is 0.250. The van der Waals surface area contributed by atoms with Crippen LogP contribution in [0.4, 0.5) is 0 Å². The number of hydrogen-bond donors (Lipinski definition) is 1. The molecule has 0 atom stereocenters. The van der Waals surface area contributed by atoms with Crippen molar-refractivity contribution in [2.75, 3.05) is 0 Å². The second-order valence-electron chi connectivity index (χ2n) is 2.96. The second kappa shape index (κ2) is 3.77. The minimum absolute atomic E-state index is 0.290. The van der Waals surface area contributed by atoms with Gasteiger partial charge in [0.1, 0.15) is 22.5 Å². The van der Waals surface area contributed by atoms with Crippen molar-refractivity contribution in [2.24, 2.45) is 0 Å². The van der Waals surface area contributed by atoms with Gasteiger partial charge in [0, 0.05) is 0 Å². The third-order valence-corrected chi connectivity index (χ3v) is 2.95. The van der Waals surface area contributed by atoms with Crippen LogP contribution in [0.1, 0.15) is 20.4 Å². The van der Waals surface area contributed by atoms with E-state index >= 15 is 0 Å². The number of rotatable bonds is 3. The summed E-state index contributed by atoms with van der Waals surface area (Å²) in [5, 5.41) is 16.9. The Morgan fingerprint density at radius 2 is 2.20 bits per heavy atom. The Kier molecular flexibility index (Phi) is 2.46. The first-order valence-corrected chi connectivity index (χ1v) is 5.00. The number of aromatic nitrogens is 4. The maximum Gasteiger partial charge on any atom is 0.347 e. The molecule has 2 heterocycles. The average molecular weight is 224 g/mol. The van der Waals surface area contributed by atoms with Crippen LogP contribution in [0.5, 0.6) is 0 Å². The Bertz CT molecular complexity index is 477. The van der Waals surface area contributed by atoms with E-state index in [1.807, 2.05) is 0 Å². The predicted molar refractivity (Wildman–Crippen MR) is 52.9 cm³/mol. The van der Waals surface area contributed by atoms with Crippen LogP contribution in [0.2, 0.25) is 0 Å². The van der Waals surface area contributed by atoms with Gasteiger partial charge in [-0.3, -0.25) is 0 Å². The molecule has 2 aromatic rings. The van der Waals surface area contributed by atoms with Crippen LogP contribution in [0, 0.1) is 6.92 Å². The maximum absolute atomic E-state index is 10.8. The van der Waals surface area contributed by atoms with Crippen LogP contribution in [0.25, 0.3) is 0 Å². The van der Waals surface area contributed by atoms with Crippen LogP contribution < -0.4 is 0 Å². The van der Waals surface area contributed by atoms with Crippen molar-refractivity contribution in [2.45, 2.75) is 13.5 Å². The smallest absolute Gasteiger partial charge is 0.347 e. The third-order valence-electron chi connectivity index (χ3n) is 1.82. The lowest BCUT2D eigenvalue weighted by Crippen LogP contribution is -1.95. The summed E-state index contributed by atoms with van der Waals surface area (Å²) < 4.78 is 1.74. The summed E-state index contributed by atoms with van der Waals surface area (Å²) >= 11 is 1.18. The molecule has 0 spiro atoms. The van der Waals surface area contributed by atoms with E-state index in [9.17, 15) is 4.79 Å². The molecule has 15 heavy (non-hydrogen) atoms. The predicted octanol–water partition coefficient (Wildman–Crippen LogP) is 0.790. The molecule has 78 valence electrons. The van der Waals surface area contributed by atoms with Crippen LogP contribution in [0.3, 0.4) is 0 Å². The fourth-order valence-corrected chi connectivity index (χ4v) is 2.09. The first-order chi connectivity index (χ1) is 7.16. The van der Waals surface area contributed by atoms with E-state index in [0.717, 1.165) is 5.01 Å². The molecular weight excluding hydrogens is 216 g/mol. The highest BCUT2D eigenvalue weighted by atomic mass is 32.1. The molecule has 0 bridgehead atoms. The highest BCUT2D eigenvalue weighted by Crippen LogP contribution is 2.18. The largest absolute Gasteiger partial charge is 0.477 e. The summed E-state index contributed by atoms with van der Waals surface area (Å²) in [7, 11) is 0. The topological polar surface area (TPSA) is 80.9 Å². The standard InChI is InChI=1S/C8H8N4O2S/c1-5-7(8(13)14)15-6(11-5)2-12-3-9-10-4-12/h3-4H,2H2,1H3,(H,13,14). The Hall–Kier alpha value is -1.76. The van der Waals surface area contributed by atoms with Gasteiger partial charge in [0.25, 0.3) is 0 Å². The third kappa shape index (κ3) is 2.01. The van der Waals surface area contributed by atoms with Gasteiger partial charge in [-0.15, -0.1) is 21.5 Å². The Balaban J connectivity index is 2.23. The van der Waals surface area contributed by atoms with Crippen LogP contribution in [-0.4, -0.2) is 30.8 Å². The van der Waals surface area contributed by atoms with E-state index in [1.165, 1.54) is 11.3 Å². The van der Waals surface area contributed by atoms with Crippen LogP contribution >= 0.6 is 11.3 Å². The maximum atomic E-state index is 10.8. The first kappa shape index (κ1) is 9.78. The highest BCUT2D eigenvalue weighted by Gasteiger charge is 2.13. The molecule has 0 aliphatic carbocycles. The molecule has 0 aromatic carbocycles. The zero-order valence-corrected chi connectivity index (χ0v) is 8.73. The molecule has 0 fully saturated rings. The number of nitrogens with zero attached hydrogens (tertiary/aromatic N) is 4. The van der Waals surface area contributed by atoms with Crippen molar-refractivity contribution in [3.8, 4) is 0 Å². The Morgan fingerprint density at radius 1 is 1.53 bits per heavy atom. The van der Waals surface area contributed by atoms with Crippen molar-refractivity contribution in [3.63, 3.8) is 0 Å². The average Bonchev–Trinajstić information content (AvgIpc) is 2.75. The molecule has 0 aliphatic rings. The zero-order chi connectivity index (χ0) is 10.8. The van der Waals surface area contributed by atoms with E-state index < -0.39 is 5.97 Å². The molecule has 0 saturated carbocycles. The highest BCUT2D eigenvalue weighted by molar-refractivity contribution is 7.13. The molecule has 6 nitrogen and oxygen atoms in total. The monoisotopic (exact) mass is 224 g/mol. The van der Waals surface area contributed by atoms with Crippen molar-refractivity contribution in [1.82, 2.24) is 19.7 Å². The van der Waals surface area contributed by atoms with Crippen molar-refractivity contribution in [3.05, 3.63) is 28.2 Å². The van der Waals surface area contributed by atoms with Gasteiger partial charge in [-0.25, -0.2) is 9.78 Å². The van der Waals surface area contributed by atoms with Crippen molar-refractivity contribution in [1.29, 1.82) is 0 Å². The summed E-state index contributed by atoms with van der Waals surface area (Å²) in [6.07, 6.45) is 3.13. The number of aromatic carboxylic acids is 1. The van der Waals surface area contributed by atoms with Gasteiger partial charge in [0.05, 0.1) is 12.2 Å². The molecule has 1 N–H and O–H groups in total. The summed E-state index contributed by atoms with van der Waals surface area (Å²) in [6.45, 7) is 2.20. The van der Waals surface area contributed by atoms with Gasteiger partial charge in [-0.05, 0) is 6.92 Å². The molecular formula is C8H8N4O2S. The van der Waals surface area contributed by atoms with E-state index in [2.05, 4.69) is 15.2 Å². The minimum Gasteiger partial charge on any atom is -0.477 e. The van der Waals surface area contributed by atoms with Crippen LogP contribution in [-0.2, 0) is 6.54 Å². The first-order valence-electron chi connectivity index (χ1n) is 4.19. The van der Waals surface area contributed by atoms with Crippen LogP contribution in [0.15, 0.2) is 12.7 Å². The molecule has 2 aromatic heterocycles. The van der Waals surface area contributed by atoms with Gasteiger partial charge in [-0.1, -0.05) is 0 Å². The van der Waals surface area contributed by atoms with Gasteiger partial charge in [0.2, 0.25) is 0 Å². The number of carboxylic acids is 1. The van der Waals surface area contributed by atoms with E-state index in [-0.39, 0.29) is 4.88 Å². The molecule has 2 rings (SSSR count). The fourth-order valence-electron chi connectivity index (χ4n) is 1.18. The summed E-state index contributed by atoms with van der Waals surface area (Å²) in [4.78, 5) is 15.2. The molecule has 0 amide bonds. The Morgan fingerprint density at radius 3 is 2.73 bits per heavy atom. The molecule has 0 unspecified atom stereocenters. The molecule has 0 aliphatic heterocycles. The summed E-state index contributed by atoms with van der Waals surface area (Å²) in [6, 6.07) is 0. The van der Waals surface area contributed by atoms with Gasteiger partial charge >= 0.3 is 5.97 Å². The molecule has 7 heteroatoms. The van der Waals surface area contributed by atoms with E-state index in [0.29, 0.717) is 12.2 Å². The van der Waals surface area contributed by atoms with Crippen molar-refractivity contribution < 1.29 is 9.90 Å². The van der Waals surface area contributed by atoms with Gasteiger partial charge in [-0.2, -0.15) is 0 Å². The number of carboxylic acid groups (broad SMARTS) is 1. The summed E-state index contributed by atoms with van der Waals surface area (Å²) in [5.41, 5.74) is 0.551.